The summed E-state index contributed by atoms with van der Waals surface area (Å²) in [6, 6.07) is -0.123. The van der Waals surface area contributed by atoms with Crippen molar-refractivity contribution in [3.05, 3.63) is 36.0 Å². The normalized spacial score (nSPS) is 35.1. The van der Waals surface area contributed by atoms with Crippen molar-refractivity contribution in [1.82, 2.24) is 16.2 Å². The van der Waals surface area contributed by atoms with Gasteiger partial charge in [0.1, 0.15) is 23.9 Å². The lowest BCUT2D eigenvalue weighted by atomic mass is 9.87. The predicted octanol–water partition coefficient (Wildman–Crippen LogP) is 1.61. The van der Waals surface area contributed by atoms with Crippen molar-refractivity contribution in [3.8, 4) is 0 Å². The molecule has 0 aromatic carbocycles. The molecule has 40 heavy (non-hydrogen) atoms. The first-order valence-corrected chi connectivity index (χ1v) is 14.0. The fraction of sp³-hybridized carbons (Fsp3) is 0.690. The van der Waals surface area contributed by atoms with Crippen molar-refractivity contribution in [3.63, 3.8) is 0 Å². The maximum Gasteiger partial charge on any atom is 0.303 e. The minimum atomic E-state index is -0.797. The van der Waals surface area contributed by atoms with E-state index < -0.39 is 29.9 Å². The lowest BCUT2D eigenvalue weighted by Gasteiger charge is -2.39. The topological polar surface area (TPSA) is 148 Å². The molecule has 3 aliphatic rings. The molecule has 3 saturated heterocycles. The zero-order valence-electron chi connectivity index (χ0n) is 24.3. The van der Waals surface area contributed by atoms with Crippen molar-refractivity contribution >= 4 is 17.8 Å². The summed E-state index contributed by atoms with van der Waals surface area (Å²) in [5, 5.41) is 13.8. The molecule has 9 atom stereocenters. The van der Waals surface area contributed by atoms with E-state index in [1.165, 1.54) is 13.0 Å². The molecule has 11 nitrogen and oxygen atoms in total. The molecule has 3 aliphatic heterocycles. The molecule has 1 spiro atoms. The number of carbonyl (C=O) groups is 3. The predicted molar refractivity (Wildman–Crippen MR) is 148 cm³/mol. The van der Waals surface area contributed by atoms with Gasteiger partial charge < -0.3 is 29.4 Å². The number of hydrazine groups is 1. The Morgan fingerprint density at radius 1 is 1.18 bits per heavy atom. The number of hydrogen-bond acceptors (Lipinski definition) is 9. The highest BCUT2D eigenvalue weighted by atomic mass is 16.6. The van der Waals surface area contributed by atoms with Crippen molar-refractivity contribution in [1.29, 1.82) is 0 Å². The molecule has 3 heterocycles. The molecule has 0 aliphatic carbocycles. The molecule has 2 amide bonds. The summed E-state index contributed by atoms with van der Waals surface area (Å²) in [4.78, 5) is 35.4. The standard InChI is InChI=1S/C29H45N3O8/c1-17(8-11-25-28(36)29(16-37-29)15-22(40-25)14-27(35)32-30-6)7-10-24-18(2)13-23(20(4)39-24)31-26(34)12-9-19(3)38-21(5)33/h7-9,11-12,18-20,22-25,28,30,36H,10,13-16H2,1-6H3,(H,31,34)(H,32,35)/b11-8+,12-9+,17-7+/t18-,19?,20+,22+,23+,24-,25+,28+,29+/m0/s1. The number of allylic oxidation sites excluding steroid dienone is 2. The van der Waals surface area contributed by atoms with Gasteiger partial charge in [-0.25, -0.2) is 5.43 Å². The molecule has 11 heteroatoms. The molecule has 0 aromatic rings. The third-order valence-electron chi connectivity index (χ3n) is 7.60. The Labute approximate surface area is 236 Å². The lowest BCUT2D eigenvalue weighted by Crippen LogP contribution is -2.51. The van der Waals surface area contributed by atoms with E-state index in [1.807, 2.05) is 26.0 Å². The number of ether oxygens (including phenoxy) is 4. The van der Waals surface area contributed by atoms with Gasteiger partial charge in [0.2, 0.25) is 11.8 Å². The van der Waals surface area contributed by atoms with Crippen LogP contribution in [0.2, 0.25) is 0 Å². The quantitative estimate of drug-likeness (QED) is 0.0968. The van der Waals surface area contributed by atoms with E-state index in [-0.39, 0.29) is 48.5 Å². The highest BCUT2D eigenvalue weighted by Gasteiger charge is 2.58. The molecule has 0 bridgehead atoms. The van der Waals surface area contributed by atoms with Gasteiger partial charge in [-0.05, 0) is 45.6 Å². The Kier molecular flexibility index (Phi) is 11.5. The number of hydrogen-bond donors (Lipinski definition) is 4. The van der Waals surface area contributed by atoms with Gasteiger partial charge >= 0.3 is 5.97 Å². The van der Waals surface area contributed by atoms with E-state index in [0.29, 0.717) is 19.4 Å². The molecule has 4 N–H and O–H groups in total. The lowest BCUT2D eigenvalue weighted by molar-refractivity contribution is -0.146. The van der Waals surface area contributed by atoms with E-state index in [0.717, 1.165) is 12.0 Å². The maximum absolute atomic E-state index is 12.4. The number of aliphatic hydroxyl groups is 1. The van der Waals surface area contributed by atoms with Crippen molar-refractivity contribution in [2.75, 3.05) is 13.7 Å². The van der Waals surface area contributed by atoms with Gasteiger partial charge in [0.25, 0.3) is 0 Å². The number of amides is 2. The van der Waals surface area contributed by atoms with Gasteiger partial charge in [-0.2, -0.15) is 0 Å². The Hall–Kier alpha value is -2.57. The molecular weight excluding hydrogens is 518 g/mol. The first kappa shape index (κ1) is 32.0. The molecule has 0 saturated carbocycles. The van der Waals surface area contributed by atoms with Crippen LogP contribution in [-0.2, 0) is 33.3 Å². The average molecular weight is 564 g/mol. The number of rotatable bonds is 11. The van der Waals surface area contributed by atoms with E-state index in [2.05, 4.69) is 29.2 Å². The number of epoxide rings is 1. The molecule has 3 fully saturated rings. The van der Waals surface area contributed by atoms with Crippen LogP contribution in [-0.4, -0.2) is 84.8 Å². The van der Waals surface area contributed by atoms with E-state index in [9.17, 15) is 19.5 Å². The Morgan fingerprint density at radius 3 is 2.55 bits per heavy atom. The Bertz CT molecular complexity index is 992. The zero-order chi connectivity index (χ0) is 29.4. The first-order chi connectivity index (χ1) is 18.9. The number of esters is 1. The van der Waals surface area contributed by atoms with Crippen molar-refractivity contribution < 1.29 is 38.4 Å². The van der Waals surface area contributed by atoms with Crippen LogP contribution in [0.4, 0.5) is 0 Å². The molecule has 1 unspecified atom stereocenters. The monoisotopic (exact) mass is 563 g/mol. The number of aliphatic hydroxyl groups excluding tert-OH is 1. The summed E-state index contributed by atoms with van der Waals surface area (Å²) in [6.07, 6.45) is 8.57. The van der Waals surface area contributed by atoms with Crippen LogP contribution in [0.3, 0.4) is 0 Å². The second-order valence-electron chi connectivity index (χ2n) is 11.2. The van der Waals surface area contributed by atoms with Gasteiger partial charge in [0.05, 0.1) is 37.4 Å². The summed E-state index contributed by atoms with van der Waals surface area (Å²) in [5.41, 5.74) is 5.53. The highest BCUT2D eigenvalue weighted by molar-refractivity contribution is 5.87. The van der Waals surface area contributed by atoms with Gasteiger partial charge in [0, 0.05) is 26.5 Å². The summed E-state index contributed by atoms with van der Waals surface area (Å²) in [6.45, 7) is 9.53. The molecular formula is C29H45N3O8. The highest BCUT2D eigenvalue weighted by Crippen LogP contribution is 2.43. The fourth-order valence-electron chi connectivity index (χ4n) is 5.28. The number of nitrogens with one attached hydrogen (secondary N) is 3. The minimum absolute atomic E-state index is 0.000699. The molecule has 3 rings (SSSR count). The third kappa shape index (κ3) is 9.24. The van der Waals surface area contributed by atoms with Crippen LogP contribution in [0.15, 0.2) is 36.0 Å². The van der Waals surface area contributed by atoms with Crippen LogP contribution >= 0.6 is 0 Å². The largest absolute Gasteiger partial charge is 0.459 e. The summed E-state index contributed by atoms with van der Waals surface area (Å²) in [7, 11) is 1.63. The fourth-order valence-corrected chi connectivity index (χ4v) is 5.28. The van der Waals surface area contributed by atoms with Crippen molar-refractivity contribution in [2.45, 2.75) is 109 Å². The summed E-state index contributed by atoms with van der Waals surface area (Å²) >= 11 is 0. The first-order valence-electron chi connectivity index (χ1n) is 14.0. The van der Waals surface area contributed by atoms with Crippen LogP contribution in [0.25, 0.3) is 0 Å². The summed E-state index contributed by atoms with van der Waals surface area (Å²) < 4.78 is 22.9. The van der Waals surface area contributed by atoms with Gasteiger partial charge in [-0.15, -0.1) is 0 Å². The van der Waals surface area contributed by atoms with Crippen LogP contribution in [0.5, 0.6) is 0 Å². The van der Waals surface area contributed by atoms with E-state index in [1.54, 1.807) is 20.0 Å². The second-order valence-corrected chi connectivity index (χ2v) is 11.2. The van der Waals surface area contributed by atoms with Crippen LogP contribution in [0, 0.1) is 5.92 Å². The third-order valence-corrected chi connectivity index (χ3v) is 7.60. The molecule has 0 aromatic heterocycles. The molecule has 224 valence electrons. The van der Waals surface area contributed by atoms with Crippen molar-refractivity contribution in [2.24, 2.45) is 5.92 Å². The van der Waals surface area contributed by atoms with Crippen LogP contribution in [0.1, 0.15) is 60.3 Å². The van der Waals surface area contributed by atoms with Crippen LogP contribution < -0.4 is 16.2 Å². The Morgan fingerprint density at radius 2 is 1.90 bits per heavy atom. The molecule has 0 radical (unpaired) electrons. The number of carbonyl (C=O) groups excluding carboxylic acids is 3. The van der Waals surface area contributed by atoms with Gasteiger partial charge in [-0.1, -0.05) is 30.7 Å². The Balaban J connectivity index is 1.50. The minimum Gasteiger partial charge on any atom is -0.459 e. The average Bonchev–Trinajstić information content (AvgIpc) is 3.64. The van der Waals surface area contributed by atoms with E-state index >= 15 is 0 Å². The maximum atomic E-state index is 12.4. The van der Waals surface area contributed by atoms with Gasteiger partial charge in [-0.3, -0.25) is 19.8 Å². The van der Waals surface area contributed by atoms with E-state index in [4.69, 9.17) is 18.9 Å². The SMILES string of the molecule is CNNC(=O)C[C@@H]1C[C@@]2(CO2)[C@H](O)[C@@H](/C=C/C(C)=C/C[C@@H]2O[C@H](C)[C@H](NC(=O)/C=C/C(C)OC(C)=O)C[C@@H]2C)O1. The smallest absolute Gasteiger partial charge is 0.303 e. The second kappa shape index (κ2) is 14.4. The zero-order valence-corrected chi connectivity index (χ0v) is 24.3. The summed E-state index contributed by atoms with van der Waals surface area (Å²) in [5.74, 6) is -0.603. The van der Waals surface area contributed by atoms with Gasteiger partial charge in [0.15, 0.2) is 0 Å².